The summed E-state index contributed by atoms with van der Waals surface area (Å²) in [6.07, 6.45) is 13.3. The smallest absolute Gasteiger partial charge is 0.311 e. The second kappa shape index (κ2) is 18.8. The molecule has 0 amide bonds. The van der Waals surface area contributed by atoms with Gasteiger partial charge in [0.1, 0.15) is 6.10 Å². The van der Waals surface area contributed by atoms with Crippen LogP contribution in [0.5, 0.6) is 0 Å². The van der Waals surface area contributed by atoms with Crippen LogP contribution in [-0.2, 0) is 23.7 Å². The molecule has 4 aliphatic carbocycles. The first-order valence-corrected chi connectivity index (χ1v) is 22.6. The van der Waals surface area contributed by atoms with Gasteiger partial charge in [0.05, 0.1) is 61.4 Å². The van der Waals surface area contributed by atoms with Crippen LogP contribution in [0.2, 0.25) is 0 Å². The van der Waals surface area contributed by atoms with Crippen LogP contribution >= 0.6 is 0 Å². The van der Waals surface area contributed by atoms with Crippen molar-refractivity contribution in [2.24, 2.45) is 52.1 Å². The van der Waals surface area contributed by atoms with Crippen LogP contribution in [0.1, 0.15) is 110 Å². The molecule has 9 unspecified atom stereocenters. The van der Waals surface area contributed by atoms with Gasteiger partial charge in [-0.05, 0) is 132 Å². The largest absolute Gasteiger partial charge is 0.481 e. The van der Waals surface area contributed by atoms with E-state index in [0.29, 0.717) is 31.6 Å². The lowest BCUT2D eigenvalue weighted by Gasteiger charge is -2.63. The van der Waals surface area contributed by atoms with Crippen molar-refractivity contribution in [2.45, 2.75) is 177 Å². The molecule has 6 fully saturated rings. The highest BCUT2D eigenvalue weighted by molar-refractivity contribution is 5.75. The Balaban J connectivity index is 1.12. The predicted molar refractivity (Wildman–Crippen MR) is 214 cm³/mol. The van der Waals surface area contributed by atoms with Crippen molar-refractivity contribution in [2.75, 3.05) is 34.0 Å². The number of carboxylic acids is 1. The van der Waals surface area contributed by atoms with Gasteiger partial charge in [0.15, 0.2) is 0 Å². The normalized spacial score (nSPS) is 47.5. The van der Waals surface area contributed by atoms with Crippen molar-refractivity contribution >= 4 is 5.97 Å². The minimum absolute atomic E-state index is 0.0292. The van der Waals surface area contributed by atoms with Crippen LogP contribution < -0.4 is 16.4 Å². The number of methoxy groups -OCH3 is 2. The fourth-order valence-electron chi connectivity index (χ4n) is 14.0. The summed E-state index contributed by atoms with van der Waals surface area (Å²) in [6.45, 7) is 3.22. The highest BCUT2D eigenvalue weighted by Crippen LogP contribution is 2.69. The van der Waals surface area contributed by atoms with E-state index in [0.717, 1.165) is 83.6 Å². The van der Waals surface area contributed by atoms with Gasteiger partial charge in [0.25, 0.3) is 0 Å². The number of fused-ring (bicyclic) bond motifs is 1. The quantitative estimate of drug-likeness (QED) is 0.126. The molecule has 0 aromatic heterocycles. The summed E-state index contributed by atoms with van der Waals surface area (Å²) < 4.78 is 25.4. The number of aliphatic hydroxyl groups is 4. The van der Waals surface area contributed by atoms with Crippen LogP contribution in [0, 0.1) is 46.3 Å². The molecule has 3 aliphatic heterocycles. The fraction of sp³-hybridized carbons (Fsp3) is 0.932. The first-order valence-electron chi connectivity index (χ1n) is 22.6. The third-order valence-corrected chi connectivity index (χ3v) is 16.4. The molecule has 0 radical (unpaired) electrons. The summed E-state index contributed by atoms with van der Waals surface area (Å²) in [6, 6.07) is -0.0885. The number of carboxylic acid groups (broad SMARTS) is 1. The van der Waals surface area contributed by atoms with E-state index in [1.165, 1.54) is 0 Å². The van der Waals surface area contributed by atoms with E-state index in [2.05, 4.69) is 23.6 Å². The highest BCUT2D eigenvalue weighted by atomic mass is 16.5. The van der Waals surface area contributed by atoms with Gasteiger partial charge in [0, 0.05) is 44.2 Å². The van der Waals surface area contributed by atoms with Gasteiger partial charge in [-0.15, -0.1) is 0 Å². The van der Waals surface area contributed by atoms with E-state index >= 15 is 0 Å². The number of nitrogens with two attached hydrogens (primary N) is 1. The van der Waals surface area contributed by atoms with E-state index < -0.39 is 47.8 Å². The second-order valence-corrected chi connectivity index (χ2v) is 19.5. The van der Waals surface area contributed by atoms with Gasteiger partial charge in [-0.25, -0.2) is 0 Å². The van der Waals surface area contributed by atoms with E-state index in [1.807, 2.05) is 6.08 Å². The highest BCUT2D eigenvalue weighted by Gasteiger charge is 2.69. The minimum Gasteiger partial charge on any atom is -0.481 e. The number of nitrogens with one attached hydrogen (secondary N) is 2. The molecule has 57 heavy (non-hydrogen) atoms. The molecule has 326 valence electrons. The van der Waals surface area contributed by atoms with Crippen LogP contribution in [-0.4, -0.2) is 133 Å². The topological polar surface area (TPSA) is 205 Å². The lowest BCUT2D eigenvalue weighted by atomic mass is 9.45. The van der Waals surface area contributed by atoms with Crippen molar-refractivity contribution in [3.63, 3.8) is 0 Å². The third-order valence-electron chi connectivity index (χ3n) is 16.4. The van der Waals surface area contributed by atoms with Crippen LogP contribution in [0.3, 0.4) is 0 Å². The zero-order chi connectivity index (χ0) is 40.5. The molecule has 2 spiro atoms. The minimum atomic E-state index is -0.894. The Morgan fingerprint density at radius 3 is 2.35 bits per heavy atom. The van der Waals surface area contributed by atoms with Gasteiger partial charge < -0.3 is 60.8 Å². The zero-order valence-corrected chi connectivity index (χ0v) is 34.8. The van der Waals surface area contributed by atoms with Gasteiger partial charge >= 0.3 is 5.97 Å². The molecule has 18 atom stereocenters. The van der Waals surface area contributed by atoms with Crippen LogP contribution in [0.4, 0.5) is 0 Å². The lowest BCUT2D eigenvalue weighted by molar-refractivity contribution is -0.206. The number of carbonyl (C=O) groups is 1. The van der Waals surface area contributed by atoms with Crippen molar-refractivity contribution in [3.05, 3.63) is 12.2 Å². The van der Waals surface area contributed by atoms with Crippen molar-refractivity contribution in [1.29, 1.82) is 0 Å². The van der Waals surface area contributed by atoms with E-state index in [4.69, 9.17) is 24.7 Å². The average Bonchev–Trinajstić information content (AvgIpc) is 3.83. The Hall–Kier alpha value is -1.23. The van der Waals surface area contributed by atoms with Gasteiger partial charge in [-0.2, -0.15) is 0 Å². The fourth-order valence-corrected chi connectivity index (χ4v) is 14.0. The number of aliphatic hydroxyl groups excluding tert-OH is 4. The molecule has 0 aromatic carbocycles. The Morgan fingerprint density at radius 2 is 1.65 bits per heavy atom. The average molecular weight is 806 g/mol. The molecular weight excluding hydrogens is 730 g/mol. The summed E-state index contributed by atoms with van der Waals surface area (Å²) in [5.41, 5.74) is 5.73. The van der Waals surface area contributed by atoms with Crippen molar-refractivity contribution < 1.29 is 49.3 Å². The van der Waals surface area contributed by atoms with Gasteiger partial charge in [-0.3, -0.25) is 4.79 Å². The molecule has 9 N–H and O–H groups in total. The maximum atomic E-state index is 13.4. The second-order valence-electron chi connectivity index (χ2n) is 19.5. The summed E-state index contributed by atoms with van der Waals surface area (Å²) in [4.78, 5) is 13.4. The molecule has 7 rings (SSSR count). The summed E-state index contributed by atoms with van der Waals surface area (Å²) in [5.74, 6) is -1.12. The maximum Gasteiger partial charge on any atom is 0.311 e. The molecule has 3 saturated carbocycles. The van der Waals surface area contributed by atoms with Crippen molar-refractivity contribution in [3.8, 4) is 0 Å². The molecular formula is C44H75N3O10. The Labute approximate surface area is 340 Å². The first kappa shape index (κ1) is 43.8. The predicted octanol–water partition coefficient (Wildman–Crippen LogP) is 3.10. The van der Waals surface area contributed by atoms with Crippen LogP contribution in [0.25, 0.3) is 0 Å². The number of piperidine rings is 2. The molecule has 3 saturated heterocycles. The number of allylic oxidation sites excluding steroid dienone is 1. The molecule has 3 heterocycles. The monoisotopic (exact) mass is 806 g/mol. The number of ether oxygens (including phenoxy) is 4. The number of hydrogen-bond acceptors (Lipinski definition) is 12. The number of rotatable bonds is 13. The van der Waals surface area contributed by atoms with E-state index in [1.54, 1.807) is 14.2 Å². The maximum absolute atomic E-state index is 13.4. The Bertz CT molecular complexity index is 1350. The van der Waals surface area contributed by atoms with Gasteiger partial charge in [0.2, 0.25) is 0 Å². The van der Waals surface area contributed by atoms with Gasteiger partial charge in [-0.1, -0.05) is 25.0 Å². The number of aliphatic carboxylic acids is 1. The third kappa shape index (κ3) is 8.65. The summed E-state index contributed by atoms with van der Waals surface area (Å²) in [7, 11) is 3.27. The number of hydrogen-bond donors (Lipinski definition) is 8. The zero-order valence-electron chi connectivity index (χ0n) is 34.8. The first-order chi connectivity index (χ1) is 27.4. The van der Waals surface area contributed by atoms with E-state index in [-0.39, 0.29) is 78.9 Å². The summed E-state index contributed by atoms with van der Waals surface area (Å²) >= 11 is 0. The Morgan fingerprint density at radius 1 is 0.895 bits per heavy atom. The molecule has 13 nitrogen and oxygen atoms in total. The van der Waals surface area contributed by atoms with E-state index in [9.17, 15) is 30.3 Å². The van der Waals surface area contributed by atoms with Crippen molar-refractivity contribution in [1.82, 2.24) is 10.6 Å². The summed E-state index contributed by atoms with van der Waals surface area (Å²) in [5, 5.41) is 62.2. The molecule has 7 aliphatic rings. The molecule has 0 aromatic rings. The standard InChI is InChI=1S/C44H75N3O10/c1-25-23-43(14-4-5-15-43)44(31(9-10-32(44)42(52)53)27-12-16-46-39(45)21-27)38(47-25)24-56-37-20-28(19-36(55-3)40(37)51)41-30(13-17-48)34(50)22-29(57-41)8-6-26-7-11-33(49)35(18-26)54-2/h9-10,25-41,46-51H,4-8,11-24,45H2,1-3H3,(H,52,53)/t25-,26?,27?,28?,29-,30-,31-,32-,33?,34-,35?,36?,37?,38+,39?,40?,41-,44+/m0/s1. The SMILES string of the molecule is COC1CC(CC[C@H]2C[C@H](O)[C@H](CCO)[C@H](C3CC(OC)C(O)C(OC[C@H]4N[C@@H](C)CC5(CCCC5)[C@]45[C@H](C(=O)O)C=C[C@H]5C4CCNC(N)C4)C3)O2)CCC1O. The lowest BCUT2D eigenvalue weighted by Crippen LogP contribution is -2.70. The molecule has 13 heteroatoms. The molecule has 0 bridgehead atoms. The van der Waals surface area contributed by atoms with Crippen LogP contribution in [0.15, 0.2) is 12.2 Å². The Kier molecular flexibility index (Phi) is 14.5.